The minimum absolute atomic E-state index is 0.789. The lowest BCUT2D eigenvalue weighted by Gasteiger charge is -2.06. The maximum atomic E-state index is 5.60. The zero-order valence-electron chi connectivity index (χ0n) is 17.0. The summed E-state index contributed by atoms with van der Waals surface area (Å²) < 4.78 is 10.8. The van der Waals surface area contributed by atoms with Gasteiger partial charge in [-0.2, -0.15) is 0 Å². The molecule has 0 spiro atoms. The van der Waals surface area contributed by atoms with Crippen molar-refractivity contribution in [3.8, 4) is 0 Å². The van der Waals surface area contributed by atoms with Gasteiger partial charge in [0.05, 0.1) is 13.2 Å². The number of unbranched alkanes of at least 4 members (excludes halogenated alkanes) is 2. The van der Waals surface area contributed by atoms with Crippen LogP contribution in [0.1, 0.15) is 79.1 Å². The van der Waals surface area contributed by atoms with Crippen molar-refractivity contribution in [2.24, 2.45) is 11.8 Å². The fraction of sp³-hybridized carbons (Fsp3) is 0.818. The average molecular weight is 341 g/mol. The molecule has 0 radical (unpaired) electrons. The van der Waals surface area contributed by atoms with Crippen molar-refractivity contribution >= 4 is 0 Å². The zero-order valence-corrected chi connectivity index (χ0v) is 17.0. The van der Waals surface area contributed by atoms with Crippen LogP contribution in [-0.2, 0) is 9.47 Å². The first-order valence-corrected chi connectivity index (χ1v) is 9.91. The molecule has 0 aromatic heterocycles. The van der Waals surface area contributed by atoms with E-state index < -0.39 is 0 Å². The minimum atomic E-state index is 0.789. The summed E-state index contributed by atoms with van der Waals surface area (Å²) >= 11 is 0. The molecule has 0 aromatic carbocycles. The Labute approximate surface area is 152 Å². The van der Waals surface area contributed by atoms with Crippen LogP contribution < -0.4 is 0 Å². The maximum Gasteiger partial charge on any atom is 0.0500 e. The van der Waals surface area contributed by atoms with Crippen LogP contribution >= 0.6 is 0 Å². The molecular formula is C22H44O2. The predicted octanol–water partition coefficient (Wildman–Crippen LogP) is 6.81. The monoisotopic (exact) mass is 340 g/mol. The first-order chi connectivity index (χ1) is 11.5. The van der Waals surface area contributed by atoms with Gasteiger partial charge in [-0.3, -0.25) is 0 Å². The Morgan fingerprint density at radius 1 is 0.625 bits per heavy atom. The average Bonchev–Trinajstić information content (AvgIpc) is 2.53. The number of hydrogen-bond acceptors (Lipinski definition) is 2. The lowest BCUT2D eigenvalue weighted by Crippen LogP contribution is -1.99. The summed E-state index contributed by atoms with van der Waals surface area (Å²) in [5.41, 5.74) is 0. The Hall–Kier alpha value is -0.600. The van der Waals surface area contributed by atoms with E-state index in [1.807, 2.05) is 12.2 Å². The van der Waals surface area contributed by atoms with Gasteiger partial charge in [-0.05, 0) is 37.5 Å². The van der Waals surface area contributed by atoms with Gasteiger partial charge in [0.15, 0.2) is 0 Å². The van der Waals surface area contributed by atoms with Crippen molar-refractivity contribution in [3.05, 3.63) is 25.3 Å². The topological polar surface area (TPSA) is 18.5 Å². The van der Waals surface area contributed by atoms with Crippen molar-refractivity contribution in [3.63, 3.8) is 0 Å². The Morgan fingerprint density at radius 2 is 1.00 bits per heavy atom. The Morgan fingerprint density at radius 3 is 1.33 bits per heavy atom. The SMILES string of the molecule is C=CCCOCCC=C.CC(C)CCCCOCCCCC(C)C. The number of ether oxygens (including phenoxy) is 2. The lowest BCUT2D eigenvalue weighted by molar-refractivity contribution is 0.124. The van der Waals surface area contributed by atoms with Gasteiger partial charge in [0.2, 0.25) is 0 Å². The van der Waals surface area contributed by atoms with Gasteiger partial charge < -0.3 is 9.47 Å². The molecule has 0 fully saturated rings. The van der Waals surface area contributed by atoms with E-state index in [-0.39, 0.29) is 0 Å². The summed E-state index contributed by atoms with van der Waals surface area (Å²) in [6.45, 7) is 19.8. The molecule has 24 heavy (non-hydrogen) atoms. The van der Waals surface area contributed by atoms with E-state index >= 15 is 0 Å². The van der Waals surface area contributed by atoms with Crippen LogP contribution in [0.2, 0.25) is 0 Å². The normalized spacial score (nSPS) is 10.6. The van der Waals surface area contributed by atoms with Crippen LogP contribution in [0.4, 0.5) is 0 Å². The summed E-state index contributed by atoms with van der Waals surface area (Å²) in [5.74, 6) is 1.69. The summed E-state index contributed by atoms with van der Waals surface area (Å²) in [6, 6.07) is 0. The fourth-order valence-corrected chi connectivity index (χ4v) is 2.05. The molecule has 0 aliphatic heterocycles. The Bertz CT molecular complexity index is 222. The van der Waals surface area contributed by atoms with Gasteiger partial charge in [-0.25, -0.2) is 0 Å². The molecule has 0 N–H and O–H groups in total. The van der Waals surface area contributed by atoms with E-state index in [2.05, 4.69) is 40.9 Å². The van der Waals surface area contributed by atoms with Crippen molar-refractivity contribution in [1.82, 2.24) is 0 Å². The molecule has 0 bridgehead atoms. The van der Waals surface area contributed by atoms with Crippen LogP contribution in [-0.4, -0.2) is 26.4 Å². The van der Waals surface area contributed by atoms with E-state index in [1.165, 1.54) is 38.5 Å². The van der Waals surface area contributed by atoms with Crippen LogP contribution in [0.3, 0.4) is 0 Å². The zero-order chi connectivity index (χ0) is 18.5. The van der Waals surface area contributed by atoms with Crippen LogP contribution in [0.5, 0.6) is 0 Å². The third-order valence-electron chi connectivity index (χ3n) is 3.57. The van der Waals surface area contributed by atoms with E-state index in [9.17, 15) is 0 Å². The third-order valence-corrected chi connectivity index (χ3v) is 3.57. The summed E-state index contributed by atoms with van der Waals surface area (Å²) in [6.07, 6.45) is 13.4. The first-order valence-electron chi connectivity index (χ1n) is 9.91. The molecule has 2 nitrogen and oxygen atoms in total. The van der Waals surface area contributed by atoms with Gasteiger partial charge in [-0.1, -0.05) is 65.5 Å². The van der Waals surface area contributed by atoms with Crippen molar-refractivity contribution < 1.29 is 9.47 Å². The predicted molar refractivity (Wildman–Crippen MR) is 109 cm³/mol. The molecule has 0 aliphatic rings. The molecule has 0 amide bonds. The highest BCUT2D eigenvalue weighted by molar-refractivity contribution is 4.66. The van der Waals surface area contributed by atoms with Gasteiger partial charge in [0.1, 0.15) is 0 Å². The summed E-state index contributed by atoms with van der Waals surface area (Å²) in [7, 11) is 0. The molecule has 2 heteroatoms. The standard InChI is InChI=1S/C14H30O.C8H14O/c1-13(2)9-5-7-11-15-12-8-6-10-14(3)4;1-3-5-7-9-8-6-4-2/h13-14H,5-12H2,1-4H3;3-4H,1-2,5-8H2. The summed E-state index contributed by atoms with van der Waals surface area (Å²) in [5, 5.41) is 0. The second kappa shape index (κ2) is 22.4. The van der Waals surface area contributed by atoms with Crippen LogP contribution in [0.15, 0.2) is 25.3 Å². The van der Waals surface area contributed by atoms with Gasteiger partial charge in [-0.15, -0.1) is 13.2 Å². The highest BCUT2D eigenvalue weighted by Crippen LogP contribution is 2.08. The first kappa shape index (κ1) is 25.6. The van der Waals surface area contributed by atoms with Crippen molar-refractivity contribution in [2.75, 3.05) is 26.4 Å². The molecule has 0 rings (SSSR count). The Kier molecular flexibility index (Phi) is 23.9. The summed E-state index contributed by atoms with van der Waals surface area (Å²) in [4.78, 5) is 0. The van der Waals surface area contributed by atoms with E-state index in [0.717, 1.165) is 51.1 Å². The van der Waals surface area contributed by atoms with E-state index in [1.54, 1.807) is 0 Å². The Balaban J connectivity index is 0. The molecule has 0 saturated carbocycles. The quantitative estimate of drug-likeness (QED) is 0.227. The molecule has 0 saturated heterocycles. The van der Waals surface area contributed by atoms with Gasteiger partial charge in [0.25, 0.3) is 0 Å². The molecule has 0 heterocycles. The second-order valence-corrected chi connectivity index (χ2v) is 7.16. The van der Waals surface area contributed by atoms with Crippen LogP contribution in [0, 0.1) is 11.8 Å². The number of hydrogen-bond donors (Lipinski definition) is 0. The lowest BCUT2D eigenvalue weighted by atomic mass is 10.1. The van der Waals surface area contributed by atoms with Gasteiger partial charge >= 0.3 is 0 Å². The largest absolute Gasteiger partial charge is 0.381 e. The molecule has 0 aliphatic carbocycles. The third kappa shape index (κ3) is 29.4. The van der Waals surface area contributed by atoms with Crippen LogP contribution in [0.25, 0.3) is 0 Å². The smallest absolute Gasteiger partial charge is 0.0500 e. The fourth-order valence-electron chi connectivity index (χ4n) is 2.05. The molecule has 0 atom stereocenters. The molecule has 144 valence electrons. The minimum Gasteiger partial charge on any atom is -0.381 e. The molecule has 0 aromatic rings. The van der Waals surface area contributed by atoms with Crippen molar-refractivity contribution in [2.45, 2.75) is 79.1 Å². The second-order valence-electron chi connectivity index (χ2n) is 7.16. The maximum absolute atomic E-state index is 5.60. The van der Waals surface area contributed by atoms with E-state index in [4.69, 9.17) is 9.47 Å². The number of rotatable bonds is 16. The molecule has 0 unspecified atom stereocenters. The van der Waals surface area contributed by atoms with Gasteiger partial charge in [0, 0.05) is 13.2 Å². The molecular weight excluding hydrogens is 296 g/mol. The van der Waals surface area contributed by atoms with E-state index in [0.29, 0.717) is 0 Å². The van der Waals surface area contributed by atoms with Crippen molar-refractivity contribution in [1.29, 1.82) is 0 Å². The highest BCUT2D eigenvalue weighted by atomic mass is 16.5. The highest BCUT2D eigenvalue weighted by Gasteiger charge is 1.96.